The summed E-state index contributed by atoms with van der Waals surface area (Å²) in [5.41, 5.74) is 14.2. The number of hydrogen-bond donors (Lipinski definition) is 1. The number of anilines is 1. The molecular weight excluding hydrogens is 242 g/mol. The van der Waals surface area contributed by atoms with Crippen molar-refractivity contribution in [3.05, 3.63) is 51.5 Å². The summed E-state index contributed by atoms with van der Waals surface area (Å²) < 4.78 is 0. The number of benzene rings is 2. The summed E-state index contributed by atoms with van der Waals surface area (Å²) in [6.45, 7) is 8.60. The standard InChI is InChI=1S/C16H18ClN/c1-9-7-10(2)12(4)16(11(9)3)13-5-6-14(17)15(18)8-13/h5-8H,18H2,1-4H3. The maximum Gasteiger partial charge on any atom is 0.0635 e. The van der Waals surface area contributed by atoms with Crippen molar-refractivity contribution in [1.82, 2.24) is 0 Å². The van der Waals surface area contributed by atoms with E-state index in [0.29, 0.717) is 10.7 Å². The van der Waals surface area contributed by atoms with Gasteiger partial charge >= 0.3 is 0 Å². The predicted molar refractivity (Wildman–Crippen MR) is 80.2 cm³/mol. The lowest BCUT2D eigenvalue weighted by Crippen LogP contribution is -1.96. The molecule has 1 nitrogen and oxygen atoms in total. The minimum atomic E-state index is 0.610. The maximum atomic E-state index is 5.99. The minimum Gasteiger partial charge on any atom is -0.398 e. The Balaban J connectivity index is 2.74. The smallest absolute Gasteiger partial charge is 0.0635 e. The zero-order valence-corrected chi connectivity index (χ0v) is 12.0. The van der Waals surface area contributed by atoms with Crippen LogP contribution in [0.15, 0.2) is 24.3 Å². The van der Waals surface area contributed by atoms with E-state index in [0.717, 1.165) is 5.56 Å². The molecule has 2 heteroatoms. The molecule has 2 N–H and O–H groups in total. The Morgan fingerprint density at radius 3 is 1.94 bits per heavy atom. The second-order valence-corrected chi connectivity index (χ2v) is 5.28. The van der Waals surface area contributed by atoms with Gasteiger partial charge in [0.15, 0.2) is 0 Å². The molecule has 0 fully saturated rings. The molecule has 2 aromatic rings. The van der Waals surface area contributed by atoms with Crippen molar-refractivity contribution in [2.45, 2.75) is 27.7 Å². The van der Waals surface area contributed by atoms with E-state index in [9.17, 15) is 0 Å². The molecular formula is C16H18ClN. The first-order valence-corrected chi connectivity index (χ1v) is 6.42. The summed E-state index contributed by atoms with van der Waals surface area (Å²) in [4.78, 5) is 0. The zero-order valence-electron chi connectivity index (χ0n) is 11.3. The molecule has 0 spiro atoms. The van der Waals surface area contributed by atoms with Crippen LogP contribution in [-0.2, 0) is 0 Å². The summed E-state index contributed by atoms with van der Waals surface area (Å²) in [6.07, 6.45) is 0. The van der Waals surface area contributed by atoms with Gasteiger partial charge < -0.3 is 5.73 Å². The fraction of sp³-hybridized carbons (Fsp3) is 0.250. The van der Waals surface area contributed by atoms with Crippen molar-refractivity contribution in [3.8, 4) is 11.1 Å². The number of hydrogen-bond acceptors (Lipinski definition) is 1. The quantitative estimate of drug-likeness (QED) is 0.730. The number of rotatable bonds is 1. The Hall–Kier alpha value is -1.47. The van der Waals surface area contributed by atoms with Crippen LogP contribution in [0.4, 0.5) is 5.69 Å². The molecule has 0 bridgehead atoms. The van der Waals surface area contributed by atoms with Gasteiger partial charge in [0.05, 0.1) is 10.7 Å². The third-order valence-corrected chi connectivity index (χ3v) is 3.99. The lowest BCUT2D eigenvalue weighted by atomic mass is 9.89. The molecule has 0 saturated heterocycles. The summed E-state index contributed by atoms with van der Waals surface area (Å²) in [5, 5.41) is 0.610. The van der Waals surface area contributed by atoms with Crippen LogP contribution < -0.4 is 5.73 Å². The fourth-order valence-corrected chi connectivity index (χ4v) is 2.47. The lowest BCUT2D eigenvalue weighted by molar-refractivity contribution is 1.24. The largest absolute Gasteiger partial charge is 0.398 e. The molecule has 0 atom stereocenters. The second-order valence-electron chi connectivity index (χ2n) is 4.87. The van der Waals surface area contributed by atoms with Crippen molar-refractivity contribution < 1.29 is 0 Å². The van der Waals surface area contributed by atoms with E-state index in [-0.39, 0.29) is 0 Å². The average molecular weight is 260 g/mol. The Bertz CT molecular complexity index is 589. The highest BCUT2D eigenvalue weighted by Crippen LogP contribution is 2.34. The van der Waals surface area contributed by atoms with Gasteiger partial charge in [0.2, 0.25) is 0 Å². The predicted octanol–water partition coefficient (Wildman–Crippen LogP) is 4.82. The van der Waals surface area contributed by atoms with E-state index in [4.69, 9.17) is 17.3 Å². The topological polar surface area (TPSA) is 26.0 Å². The highest BCUT2D eigenvalue weighted by Gasteiger charge is 2.11. The van der Waals surface area contributed by atoms with Crippen molar-refractivity contribution >= 4 is 17.3 Å². The zero-order chi connectivity index (χ0) is 13.4. The van der Waals surface area contributed by atoms with Gasteiger partial charge in [-0.25, -0.2) is 0 Å². The third kappa shape index (κ3) is 2.11. The lowest BCUT2D eigenvalue weighted by Gasteiger charge is -2.16. The number of nitrogen functional groups attached to an aromatic ring is 1. The highest BCUT2D eigenvalue weighted by atomic mass is 35.5. The molecule has 2 aromatic carbocycles. The Morgan fingerprint density at radius 2 is 1.44 bits per heavy atom. The molecule has 0 amide bonds. The summed E-state index contributed by atoms with van der Waals surface area (Å²) in [7, 11) is 0. The van der Waals surface area contributed by atoms with Crippen LogP contribution in [0.25, 0.3) is 11.1 Å². The Labute approximate surface area is 114 Å². The van der Waals surface area contributed by atoms with E-state index in [1.54, 1.807) is 0 Å². The number of halogens is 1. The van der Waals surface area contributed by atoms with Crippen LogP contribution in [0.3, 0.4) is 0 Å². The van der Waals surface area contributed by atoms with Crippen molar-refractivity contribution in [1.29, 1.82) is 0 Å². The third-order valence-electron chi connectivity index (χ3n) is 3.65. The molecule has 0 aliphatic heterocycles. The average Bonchev–Trinajstić information content (AvgIpc) is 2.31. The Morgan fingerprint density at radius 1 is 0.889 bits per heavy atom. The molecule has 2 rings (SSSR count). The van der Waals surface area contributed by atoms with Gasteiger partial charge in [0.1, 0.15) is 0 Å². The van der Waals surface area contributed by atoms with E-state index in [1.807, 2.05) is 18.2 Å². The van der Waals surface area contributed by atoms with Gasteiger partial charge in [-0.2, -0.15) is 0 Å². The summed E-state index contributed by atoms with van der Waals surface area (Å²) >= 11 is 5.99. The molecule has 0 aromatic heterocycles. The van der Waals surface area contributed by atoms with Gasteiger partial charge in [-0.15, -0.1) is 0 Å². The normalized spacial score (nSPS) is 10.7. The fourth-order valence-electron chi connectivity index (χ4n) is 2.35. The molecule has 0 unspecified atom stereocenters. The summed E-state index contributed by atoms with van der Waals surface area (Å²) in [6, 6.07) is 8.08. The van der Waals surface area contributed by atoms with Crippen LogP contribution in [0.2, 0.25) is 5.02 Å². The van der Waals surface area contributed by atoms with Crippen molar-refractivity contribution in [2.24, 2.45) is 0 Å². The summed E-state index contributed by atoms with van der Waals surface area (Å²) in [5.74, 6) is 0. The van der Waals surface area contributed by atoms with E-state index in [2.05, 4.69) is 33.8 Å². The van der Waals surface area contributed by atoms with E-state index < -0.39 is 0 Å². The monoisotopic (exact) mass is 259 g/mol. The van der Waals surface area contributed by atoms with Crippen LogP contribution in [0.1, 0.15) is 22.3 Å². The van der Waals surface area contributed by atoms with Crippen molar-refractivity contribution in [3.63, 3.8) is 0 Å². The Kier molecular flexibility index (Phi) is 3.36. The molecule has 94 valence electrons. The first kappa shape index (κ1) is 13.0. The van der Waals surface area contributed by atoms with E-state index in [1.165, 1.54) is 27.8 Å². The van der Waals surface area contributed by atoms with Crippen LogP contribution in [0, 0.1) is 27.7 Å². The first-order chi connectivity index (χ1) is 8.41. The van der Waals surface area contributed by atoms with Gasteiger partial charge in [-0.05, 0) is 73.2 Å². The highest BCUT2D eigenvalue weighted by molar-refractivity contribution is 6.33. The van der Waals surface area contributed by atoms with Gasteiger partial charge in [-0.3, -0.25) is 0 Å². The molecule has 0 saturated carbocycles. The minimum absolute atomic E-state index is 0.610. The van der Waals surface area contributed by atoms with E-state index >= 15 is 0 Å². The molecule has 0 aliphatic rings. The first-order valence-electron chi connectivity index (χ1n) is 6.04. The molecule has 0 heterocycles. The van der Waals surface area contributed by atoms with Gasteiger partial charge in [-0.1, -0.05) is 23.7 Å². The van der Waals surface area contributed by atoms with Gasteiger partial charge in [0, 0.05) is 0 Å². The van der Waals surface area contributed by atoms with Crippen molar-refractivity contribution in [2.75, 3.05) is 5.73 Å². The molecule has 0 radical (unpaired) electrons. The SMILES string of the molecule is Cc1cc(C)c(C)c(-c2ccc(Cl)c(N)c2)c1C. The molecule has 0 aliphatic carbocycles. The van der Waals surface area contributed by atoms with Crippen LogP contribution in [0.5, 0.6) is 0 Å². The maximum absolute atomic E-state index is 5.99. The van der Waals surface area contributed by atoms with Crippen LogP contribution in [-0.4, -0.2) is 0 Å². The van der Waals surface area contributed by atoms with Gasteiger partial charge in [0.25, 0.3) is 0 Å². The van der Waals surface area contributed by atoms with Crippen LogP contribution >= 0.6 is 11.6 Å². The molecule has 18 heavy (non-hydrogen) atoms. The number of aryl methyl sites for hydroxylation is 2. The second kappa shape index (κ2) is 4.66. The number of nitrogens with two attached hydrogens (primary N) is 1.